The third kappa shape index (κ3) is 2.87. The molecule has 1 fully saturated rings. The first-order chi connectivity index (χ1) is 9.07. The lowest BCUT2D eigenvalue weighted by molar-refractivity contribution is -0.0238. The van der Waals surface area contributed by atoms with E-state index in [0.29, 0.717) is 5.69 Å². The van der Waals surface area contributed by atoms with Crippen molar-refractivity contribution in [3.63, 3.8) is 0 Å². The van der Waals surface area contributed by atoms with E-state index in [0.717, 1.165) is 31.9 Å². The third-order valence-corrected chi connectivity index (χ3v) is 3.90. The highest BCUT2D eigenvalue weighted by Crippen LogP contribution is 2.33. The van der Waals surface area contributed by atoms with Crippen LogP contribution in [0.3, 0.4) is 0 Å². The molecule has 1 atom stereocenters. The van der Waals surface area contributed by atoms with Crippen LogP contribution in [-0.2, 0) is 4.74 Å². The van der Waals surface area contributed by atoms with Gasteiger partial charge in [0.15, 0.2) is 0 Å². The van der Waals surface area contributed by atoms with Gasteiger partial charge in [-0.25, -0.2) is 0 Å². The highest BCUT2D eigenvalue weighted by atomic mass is 16.5. The van der Waals surface area contributed by atoms with E-state index >= 15 is 0 Å². The Morgan fingerprint density at radius 1 is 1.42 bits per heavy atom. The number of aromatic nitrogens is 1. The number of anilines is 1. The first-order valence-corrected chi connectivity index (χ1v) is 6.55. The van der Waals surface area contributed by atoms with E-state index in [1.165, 1.54) is 0 Å². The van der Waals surface area contributed by atoms with Crippen molar-refractivity contribution in [1.29, 1.82) is 0 Å². The van der Waals surface area contributed by atoms with Crippen molar-refractivity contribution in [2.45, 2.75) is 25.4 Å². The van der Waals surface area contributed by atoms with Crippen LogP contribution in [0, 0.1) is 0 Å². The van der Waals surface area contributed by atoms with E-state index in [-0.39, 0.29) is 11.6 Å². The SMILES string of the molecule is CC(C)(C(NN)c1cnccc1N)N1CCOCC1. The third-order valence-electron chi connectivity index (χ3n) is 3.90. The van der Waals surface area contributed by atoms with Crippen molar-refractivity contribution >= 4 is 5.69 Å². The zero-order valence-electron chi connectivity index (χ0n) is 11.6. The maximum absolute atomic E-state index is 6.04. The molecule has 0 aromatic carbocycles. The minimum absolute atomic E-state index is 0.0840. The van der Waals surface area contributed by atoms with E-state index in [2.05, 4.69) is 29.2 Å². The summed E-state index contributed by atoms with van der Waals surface area (Å²) in [6.45, 7) is 7.62. The summed E-state index contributed by atoms with van der Waals surface area (Å²) in [7, 11) is 0. The van der Waals surface area contributed by atoms with Gasteiger partial charge in [0, 0.05) is 42.3 Å². The first kappa shape index (κ1) is 14.2. The molecule has 2 rings (SSSR count). The Balaban J connectivity index is 2.27. The van der Waals surface area contributed by atoms with Crippen molar-refractivity contribution in [2.75, 3.05) is 32.0 Å². The lowest BCUT2D eigenvalue weighted by Gasteiger charge is -2.45. The molecule has 6 nitrogen and oxygen atoms in total. The molecule has 0 saturated carbocycles. The monoisotopic (exact) mass is 265 g/mol. The lowest BCUT2D eigenvalue weighted by atomic mass is 9.87. The van der Waals surface area contributed by atoms with Crippen LogP contribution in [0.2, 0.25) is 0 Å². The van der Waals surface area contributed by atoms with Gasteiger partial charge < -0.3 is 10.5 Å². The van der Waals surface area contributed by atoms with Crippen molar-refractivity contribution < 1.29 is 4.74 Å². The minimum atomic E-state index is -0.171. The number of rotatable bonds is 4. The van der Waals surface area contributed by atoms with Gasteiger partial charge in [0.2, 0.25) is 0 Å². The Labute approximate surface area is 114 Å². The zero-order valence-corrected chi connectivity index (χ0v) is 11.6. The van der Waals surface area contributed by atoms with Crippen LogP contribution in [0.25, 0.3) is 0 Å². The summed E-state index contributed by atoms with van der Waals surface area (Å²) >= 11 is 0. The van der Waals surface area contributed by atoms with Gasteiger partial charge in [-0.05, 0) is 19.9 Å². The Morgan fingerprint density at radius 3 is 2.68 bits per heavy atom. The summed E-state index contributed by atoms with van der Waals surface area (Å²) in [5.41, 5.74) is 10.4. The molecule has 0 bridgehead atoms. The van der Waals surface area contributed by atoms with Crippen molar-refractivity contribution in [2.24, 2.45) is 5.84 Å². The van der Waals surface area contributed by atoms with Gasteiger partial charge in [0.1, 0.15) is 0 Å². The van der Waals surface area contributed by atoms with E-state index in [9.17, 15) is 0 Å². The van der Waals surface area contributed by atoms with Crippen LogP contribution in [0.5, 0.6) is 0 Å². The molecular weight excluding hydrogens is 242 g/mol. The molecule has 19 heavy (non-hydrogen) atoms. The molecule has 0 amide bonds. The number of hydrogen-bond donors (Lipinski definition) is 3. The predicted octanol–water partition coefficient (Wildman–Crippen LogP) is 0.279. The molecule has 0 radical (unpaired) electrons. The second kappa shape index (κ2) is 5.83. The molecular formula is C13H23N5O. The molecule has 5 N–H and O–H groups in total. The summed E-state index contributed by atoms with van der Waals surface area (Å²) in [4.78, 5) is 6.52. The number of hydrazine groups is 1. The second-order valence-electron chi connectivity index (χ2n) is 5.36. The maximum atomic E-state index is 6.04. The molecule has 1 aliphatic heterocycles. The first-order valence-electron chi connectivity index (χ1n) is 6.55. The van der Waals surface area contributed by atoms with Crippen LogP contribution < -0.4 is 17.0 Å². The Morgan fingerprint density at radius 2 is 2.11 bits per heavy atom. The van der Waals surface area contributed by atoms with E-state index in [1.54, 1.807) is 18.5 Å². The molecule has 1 unspecified atom stereocenters. The van der Waals surface area contributed by atoms with Gasteiger partial charge in [-0.2, -0.15) is 0 Å². The summed E-state index contributed by atoms with van der Waals surface area (Å²) in [6, 6.07) is 1.72. The van der Waals surface area contributed by atoms with Gasteiger partial charge in [-0.1, -0.05) is 0 Å². The van der Waals surface area contributed by atoms with E-state index < -0.39 is 0 Å². The van der Waals surface area contributed by atoms with Gasteiger partial charge in [-0.15, -0.1) is 0 Å². The number of nitrogens with one attached hydrogen (secondary N) is 1. The fourth-order valence-electron chi connectivity index (χ4n) is 2.66. The summed E-state index contributed by atoms with van der Waals surface area (Å²) < 4.78 is 5.41. The number of nitrogens with zero attached hydrogens (tertiary/aromatic N) is 2. The lowest BCUT2D eigenvalue weighted by Crippen LogP contribution is -2.57. The van der Waals surface area contributed by atoms with Crippen molar-refractivity contribution in [1.82, 2.24) is 15.3 Å². The number of nitrogens with two attached hydrogens (primary N) is 2. The van der Waals surface area contributed by atoms with Crippen LogP contribution in [0.4, 0.5) is 5.69 Å². The Kier molecular flexibility index (Phi) is 4.36. The van der Waals surface area contributed by atoms with Crippen LogP contribution in [0.15, 0.2) is 18.5 Å². The number of pyridine rings is 1. The normalized spacial score (nSPS) is 19.3. The fourth-order valence-corrected chi connectivity index (χ4v) is 2.66. The number of morpholine rings is 1. The molecule has 0 spiro atoms. The molecule has 2 heterocycles. The van der Waals surface area contributed by atoms with Gasteiger partial charge in [0.25, 0.3) is 0 Å². The standard InChI is InChI=1S/C13H23N5O/c1-13(2,18-5-7-19-8-6-18)12(17-15)10-9-16-4-3-11(10)14/h3-4,9,12,17H,5-8,15H2,1-2H3,(H2,14,16). The van der Waals surface area contributed by atoms with E-state index in [1.807, 2.05) is 0 Å². The molecule has 1 aliphatic rings. The molecule has 1 aromatic rings. The summed E-state index contributed by atoms with van der Waals surface area (Å²) in [5.74, 6) is 5.78. The van der Waals surface area contributed by atoms with Crippen LogP contribution in [0.1, 0.15) is 25.5 Å². The van der Waals surface area contributed by atoms with Gasteiger partial charge in [-0.3, -0.25) is 21.2 Å². The average Bonchev–Trinajstić information content (AvgIpc) is 2.42. The summed E-state index contributed by atoms with van der Waals surface area (Å²) in [5, 5.41) is 0. The number of nitrogen functional groups attached to an aromatic ring is 1. The Bertz CT molecular complexity index is 417. The smallest absolute Gasteiger partial charge is 0.0673 e. The van der Waals surface area contributed by atoms with Gasteiger partial charge >= 0.3 is 0 Å². The molecule has 0 aliphatic carbocycles. The Hall–Kier alpha value is -1.21. The average molecular weight is 265 g/mol. The highest BCUT2D eigenvalue weighted by Gasteiger charge is 2.37. The van der Waals surface area contributed by atoms with E-state index in [4.69, 9.17) is 16.3 Å². The van der Waals surface area contributed by atoms with Crippen molar-refractivity contribution in [3.8, 4) is 0 Å². The highest BCUT2D eigenvalue weighted by molar-refractivity contribution is 5.47. The largest absolute Gasteiger partial charge is 0.398 e. The van der Waals surface area contributed by atoms with Gasteiger partial charge in [0.05, 0.1) is 19.3 Å². The zero-order chi connectivity index (χ0) is 13.9. The number of hydrogen-bond acceptors (Lipinski definition) is 6. The molecule has 106 valence electrons. The fraction of sp³-hybridized carbons (Fsp3) is 0.615. The maximum Gasteiger partial charge on any atom is 0.0673 e. The van der Waals surface area contributed by atoms with Crippen molar-refractivity contribution in [3.05, 3.63) is 24.0 Å². The quantitative estimate of drug-likeness (QED) is 0.535. The second-order valence-corrected chi connectivity index (χ2v) is 5.36. The molecule has 1 saturated heterocycles. The topological polar surface area (TPSA) is 89.4 Å². The molecule has 1 aromatic heterocycles. The number of ether oxygens (including phenoxy) is 1. The summed E-state index contributed by atoms with van der Waals surface area (Å²) in [6.07, 6.45) is 3.47. The molecule has 6 heteroatoms. The van der Waals surface area contributed by atoms with Crippen LogP contribution in [-0.4, -0.2) is 41.7 Å². The minimum Gasteiger partial charge on any atom is -0.398 e. The van der Waals surface area contributed by atoms with Crippen LogP contribution >= 0.6 is 0 Å². The predicted molar refractivity (Wildman–Crippen MR) is 75.2 cm³/mol.